The van der Waals surface area contributed by atoms with Crippen LogP contribution in [0.1, 0.15) is 6.92 Å². The van der Waals surface area contributed by atoms with Crippen LogP contribution in [0.2, 0.25) is 0 Å². The molecule has 27 heavy (non-hydrogen) atoms. The number of carbonyl (C=O) groups is 2. The van der Waals surface area contributed by atoms with Crippen molar-refractivity contribution in [1.82, 2.24) is 15.0 Å². The van der Waals surface area contributed by atoms with Gasteiger partial charge in [0.25, 0.3) is 5.91 Å². The second-order valence-corrected chi connectivity index (χ2v) is 5.44. The molecule has 13 heteroatoms. The van der Waals surface area contributed by atoms with Crippen LogP contribution >= 0.6 is 0 Å². The van der Waals surface area contributed by atoms with Crippen molar-refractivity contribution in [2.45, 2.75) is 37.9 Å². The Morgan fingerprint density at radius 2 is 1.96 bits per heavy atom. The quantitative estimate of drug-likeness (QED) is 0.161. The maximum atomic E-state index is 11.7. The molecule has 13 nitrogen and oxygen atoms in total. The minimum Gasteiger partial charge on any atom is -0.394 e. The number of hydrogen-bond donors (Lipinski definition) is 7. The number of hydrogen-bond acceptors (Lipinski definition) is 10. The first-order valence-corrected chi connectivity index (χ1v) is 7.66. The van der Waals surface area contributed by atoms with Gasteiger partial charge >= 0.3 is 5.69 Å². The summed E-state index contributed by atoms with van der Waals surface area (Å²) >= 11 is 0. The molecule has 0 fully saturated rings. The first-order valence-electron chi connectivity index (χ1n) is 7.66. The second-order valence-electron chi connectivity index (χ2n) is 5.44. The number of anilines is 1. The molecule has 0 aliphatic rings. The summed E-state index contributed by atoms with van der Waals surface area (Å²) in [5, 5.41) is 52.1. The normalized spacial score (nSPS) is 15.8. The van der Waals surface area contributed by atoms with E-state index in [4.69, 9.17) is 5.11 Å². The summed E-state index contributed by atoms with van der Waals surface area (Å²) in [7, 11) is 0. The highest BCUT2D eigenvalue weighted by molar-refractivity contribution is 5.87. The van der Waals surface area contributed by atoms with Gasteiger partial charge < -0.3 is 30.8 Å². The fraction of sp³-hybridized carbons (Fsp3) is 0.500. The van der Waals surface area contributed by atoms with Crippen molar-refractivity contribution in [2.75, 3.05) is 11.9 Å². The van der Waals surface area contributed by atoms with E-state index in [1.165, 1.54) is 19.2 Å². The number of aromatic nitrogens is 2. The molecule has 0 bridgehead atoms. The summed E-state index contributed by atoms with van der Waals surface area (Å²) in [5.74, 6) is -1.15. The molecule has 7 N–H and O–H groups in total. The van der Waals surface area contributed by atoms with E-state index in [0.29, 0.717) is 6.21 Å². The third-order valence-corrected chi connectivity index (χ3v) is 3.19. The minimum absolute atomic E-state index is 0.0305. The maximum absolute atomic E-state index is 11.7. The summed E-state index contributed by atoms with van der Waals surface area (Å²) in [6, 6.07) is 1.31. The summed E-state index contributed by atoms with van der Waals surface area (Å²) in [4.78, 5) is 37.9. The van der Waals surface area contributed by atoms with Gasteiger partial charge in [0.1, 0.15) is 36.8 Å². The Hall–Kier alpha value is -2.71. The molecule has 0 radical (unpaired) electrons. The molecule has 1 rings (SSSR count). The van der Waals surface area contributed by atoms with Crippen molar-refractivity contribution in [2.24, 2.45) is 5.10 Å². The predicted octanol–water partition coefficient (Wildman–Crippen LogP) is -4.26. The van der Waals surface area contributed by atoms with Crippen LogP contribution in [-0.2, 0) is 16.1 Å². The molecule has 0 aromatic carbocycles. The molecule has 1 heterocycles. The number of carbonyl (C=O) groups excluding carboxylic acids is 2. The molecular weight excluding hydrogens is 366 g/mol. The highest BCUT2D eigenvalue weighted by Gasteiger charge is 2.29. The molecule has 0 aliphatic heterocycles. The topological polar surface area (TPSA) is 207 Å². The lowest BCUT2D eigenvalue weighted by Crippen LogP contribution is -2.46. The van der Waals surface area contributed by atoms with E-state index in [1.54, 1.807) is 0 Å². The van der Waals surface area contributed by atoms with Crippen LogP contribution < -0.4 is 16.4 Å². The summed E-state index contributed by atoms with van der Waals surface area (Å²) in [5.41, 5.74) is 1.19. The second kappa shape index (κ2) is 10.4. The fourth-order valence-electron chi connectivity index (χ4n) is 1.80. The minimum atomic E-state index is -1.86. The van der Waals surface area contributed by atoms with Crippen molar-refractivity contribution < 1.29 is 35.1 Å². The van der Waals surface area contributed by atoms with Gasteiger partial charge in [0.2, 0.25) is 5.91 Å². The molecule has 0 spiro atoms. The number of nitrogens with one attached hydrogen (secondary N) is 2. The van der Waals surface area contributed by atoms with Crippen LogP contribution in [0.25, 0.3) is 0 Å². The number of hydrazone groups is 1. The van der Waals surface area contributed by atoms with Crippen molar-refractivity contribution in [1.29, 1.82) is 0 Å². The Bertz CT molecular complexity index is 736. The number of nitrogens with zero attached hydrogens (tertiary/aromatic N) is 3. The molecule has 4 atom stereocenters. The zero-order chi connectivity index (χ0) is 20.6. The molecule has 1 aromatic heterocycles. The molecule has 1 aromatic rings. The monoisotopic (exact) mass is 387 g/mol. The van der Waals surface area contributed by atoms with Gasteiger partial charge in [-0.15, -0.1) is 0 Å². The van der Waals surface area contributed by atoms with E-state index >= 15 is 0 Å². The molecule has 0 saturated carbocycles. The van der Waals surface area contributed by atoms with Gasteiger partial charge in [0.15, 0.2) is 0 Å². The molecule has 0 saturated heterocycles. The van der Waals surface area contributed by atoms with E-state index in [-0.39, 0.29) is 5.82 Å². The number of aliphatic hydroxyl groups excluding tert-OH is 5. The van der Waals surface area contributed by atoms with Crippen molar-refractivity contribution in [3.63, 3.8) is 0 Å². The van der Waals surface area contributed by atoms with Gasteiger partial charge in [-0.05, 0) is 6.07 Å². The fourth-order valence-corrected chi connectivity index (χ4v) is 1.80. The average molecular weight is 387 g/mol. The Morgan fingerprint density at radius 3 is 2.52 bits per heavy atom. The van der Waals surface area contributed by atoms with E-state index in [2.05, 4.69) is 15.4 Å². The molecule has 150 valence electrons. The van der Waals surface area contributed by atoms with Crippen LogP contribution in [0.3, 0.4) is 0 Å². The molecule has 2 amide bonds. The van der Waals surface area contributed by atoms with Gasteiger partial charge in [0, 0.05) is 13.1 Å². The van der Waals surface area contributed by atoms with Crippen molar-refractivity contribution in [3.8, 4) is 0 Å². The SMILES string of the molecule is CC(=O)Nc1ccn(CC(=O)N/N=C/[C@H](O)[C@@H](O)[C@@H](O)[C@H](O)CO)c(=O)n1. The van der Waals surface area contributed by atoms with Crippen LogP contribution in [-0.4, -0.2) is 84.1 Å². The Labute approximate surface area is 152 Å². The van der Waals surface area contributed by atoms with Crippen molar-refractivity contribution in [3.05, 3.63) is 22.7 Å². The lowest BCUT2D eigenvalue weighted by atomic mass is 10.0. The third kappa shape index (κ3) is 7.20. The Kier molecular flexibility index (Phi) is 8.64. The maximum Gasteiger partial charge on any atom is 0.349 e. The largest absolute Gasteiger partial charge is 0.394 e. The zero-order valence-electron chi connectivity index (χ0n) is 14.3. The first kappa shape index (κ1) is 22.3. The number of rotatable bonds is 9. The van der Waals surface area contributed by atoms with Gasteiger partial charge in [-0.1, -0.05) is 0 Å². The average Bonchev–Trinajstić information content (AvgIpc) is 2.61. The van der Waals surface area contributed by atoms with Crippen LogP contribution in [0.4, 0.5) is 5.82 Å². The highest BCUT2D eigenvalue weighted by Crippen LogP contribution is 2.03. The molecule has 0 unspecified atom stereocenters. The number of amides is 2. The predicted molar refractivity (Wildman–Crippen MR) is 90.5 cm³/mol. The van der Waals surface area contributed by atoms with Gasteiger partial charge in [-0.25, -0.2) is 10.2 Å². The van der Waals surface area contributed by atoms with Crippen LogP contribution in [0, 0.1) is 0 Å². The van der Waals surface area contributed by atoms with Gasteiger partial charge in [-0.3, -0.25) is 14.2 Å². The highest BCUT2D eigenvalue weighted by atomic mass is 16.4. The van der Waals surface area contributed by atoms with E-state index < -0.39 is 55.1 Å². The summed E-state index contributed by atoms with van der Waals surface area (Å²) < 4.78 is 0.933. The lowest BCUT2D eigenvalue weighted by Gasteiger charge is -2.23. The molecular formula is C14H21N5O8. The number of aliphatic hydroxyl groups is 5. The van der Waals surface area contributed by atoms with Crippen LogP contribution in [0.5, 0.6) is 0 Å². The summed E-state index contributed by atoms with van der Waals surface area (Å²) in [6.07, 6.45) is -5.19. The van der Waals surface area contributed by atoms with Crippen LogP contribution in [0.15, 0.2) is 22.2 Å². The summed E-state index contributed by atoms with van der Waals surface area (Å²) in [6.45, 7) is -0.0517. The van der Waals surface area contributed by atoms with Gasteiger partial charge in [0.05, 0.1) is 12.8 Å². The first-order chi connectivity index (χ1) is 12.6. The van der Waals surface area contributed by atoms with E-state index in [1.807, 2.05) is 5.43 Å². The van der Waals surface area contributed by atoms with E-state index in [9.17, 15) is 34.8 Å². The Balaban J connectivity index is 2.59. The smallest absolute Gasteiger partial charge is 0.349 e. The lowest BCUT2D eigenvalue weighted by molar-refractivity contribution is -0.121. The third-order valence-electron chi connectivity index (χ3n) is 3.19. The molecule has 0 aliphatic carbocycles. The zero-order valence-corrected chi connectivity index (χ0v) is 14.3. The van der Waals surface area contributed by atoms with E-state index in [0.717, 1.165) is 4.57 Å². The van der Waals surface area contributed by atoms with Gasteiger partial charge in [-0.2, -0.15) is 10.1 Å². The standard InChI is InChI=1S/C14H21N5O8/c1-7(21)16-10-2-3-19(14(27)17-10)5-11(24)18-15-4-8(22)12(25)13(26)9(23)6-20/h2-4,8-9,12-13,20,22-23,25-26H,5-6H2,1H3,(H,18,24)(H,16,17,21,27)/b15-4+/t8-,9+,12+,13-/m0/s1. The Morgan fingerprint density at radius 1 is 1.30 bits per heavy atom. The van der Waals surface area contributed by atoms with Crippen molar-refractivity contribution >= 4 is 23.8 Å².